The Hall–Kier alpha value is -3.18. The Morgan fingerprint density at radius 1 is 1.25 bits per heavy atom. The van der Waals surface area contributed by atoms with Crippen molar-refractivity contribution in [3.8, 4) is 6.07 Å². The number of nitrogens with zero attached hydrogens (tertiary/aromatic N) is 3. The Morgan fingerprint density at radius 3 is 2.50 bits per heavy atom. The van der Waals surface area contributed by atoms with Crippen molar-refractivity contribution in [2.45, 2.75) is 0 Å². The first-order valence-electron chi connectivity index (χ1n) is 5.53. The largest absolute Gasteiger partial charge is 0.334 e. The normalized spacial score (nSPS) is 9.60. The van der Waals surface area contributed by atoms with Crippen LogP contribution in [-0.2, 0) is 0 Å². The van der Waals surface area contributed by atoms with Crippen molar-refractivity contribution in [3.05, 3.63) is 52.1 Å². The van der Waals surface area contributed by atoms with Gasteiger partial charge in [-0.15, -0.1) is 0 Å². The van der Waals surface area contributed by atoms with E-state index in [1.165, 1.54) is 12.1 Å². The zero-order valence-electron chi connectivity index (χ0n) is 10.2. The summed E-state index contributed by atoms with van der Waals surface area (Å²) in [5.41, 5.74) is 3.22. The van der Waals surface area contributed by atoms with E-state index < -0.39 is 4.92 Å². The second-order valence-electron chi connectivity index (χ2n) is 3.78. The van der Waals surface area contributed by atoms with Gasteiger partial charge in [0.2, 0.25) is 5.82 Å². The molecule has 1 aromatic heterocycles. The van der Waals surface area contributed by atoms with Crippen molar-refractivity contribution in [2.24, 2.45) is 5.84 Å². The summed E-state index contributed by atoms with van der Waals surface area (Å²) in [6, 6.07) is 11.1. The predicted octanol–water partition coefficient (Wildman–Crippen LogP) is 1.89. The van der Waals surface area contributed by atoms with E-state index in [0.717, 1.165) is 0 Å². The van der Waals surface area contributed by atoms with Crippen LogP contribution in [0.4, 0.5) is 23.0 Å². The number of aromatic nitrogens is 1. The maximum absolute atomic E-state index is 10.9. The molecule has 0 fully saturated rings. The molecule has 8 heteroatoms. The number of nitrogen functional groups attached to an aromatic ring is 1. The monoisotopic (exact) mass is 270 g/mol. The molecule has 100 valence electrons. The summed E-state index contributed by atoms with van der Waals surface area (Å²) in [5.74, 6) is 5.59. The Bertz CT molecular complexity index is 677. The average Bonchev–Trinajstić information content (AvgIpc) is 2.47. The molecule has 0 amide bonds. The number of benzene rings is 1. The van der Waals surface area contributed by atoms with Gasteiger partial charge in [0.1, 0.15) is 5.82 Å². The summed E-state index contributed by atoms with van der Waals surface area (Å²) in [7, 11) is 0. The standard InChI is InChI=1S/C12H10N6O2/c13-7-8-1-3-9(4-2-8)15-12-10(18(19)20)5-6-11(16-12)17-14/h1-6H,14H2,(H2,15,16,17). The molecule has 0 aliphatic heterocycles. The van der Waals surface area contributed by atoms with E-state index in [2.05, 4.69) is 15.7 Å². The number of nitriles is 1. The lowest BCUT2D eigenvalue weighted by atomic mass is 10.2. The molecule has 0 radical (unpaired) electrons. The molecule has 0 atom stereocenters. The Balaban J connectivity index is 2.35. The number of nitrogens with two attached hydrogens (primary N) is 1. The fraction of sp³-hybridized carbons (Fsp3) is 0. The fourth-order valence-electron chi connectivity index (χ4n) is 1.54. The van der Waals surface area contributed by atoms with E-state index in [9.17, 15) is 10.1 Å². The van der Waals surface area contributed by atoms with Crippen molar-refractivity contribution >= 4 is 23.0 Å². The average molecular weight is 270 g/mol. The van der Waals surface area contributed by atoms with E-state index in [4.69, 9.17) is 11.1 Å². The van der Waals surface area contributed by atoms with E-state index in [0.29, 0.717) is 17.1 Å². The third kappa shape index (κ3) is 2.80. The molecule has 1 heterocycles. The van der Waals surface area contributed by atoms with Crippen molar-refractivity contribution in [1.82, 2.24) is 4.98 Å². The van der Waals surface area contributed by atoms with Gasteiger partial charge in [0.15, 0.2) is 0 Å². The summed E-state index contributed by atoms with van der Waals surface area (Å²) >= 11 is 0. The van der Waals surface area contributed by atoms with E-state index in [-0.39, 0.29) is 11.5 Å². The van der Waals surface area contributed by atoms with Crippen LogP contribution in [0.5, 0.6) is 0 Å². The molecule has 4 N–H and O–H groups in total. The molecule has 8 nitrogen and oxygen atoms in total. The molecule has 0 saturated heterocycles. The van der Waals surface area contributed by atoms with Gasteiger partial charge in [0, 0.05) is 11.8 Å². The van der Waals surface area contributed by atoms with Crippen molar-refractivity contribution in [1.29, 1.82) is 5.26 Å². The van der Waals surface area contributed by atoms with Crippen LogP contribution in [0.3, 0.4) is 0 Å². The van der Waals surface area contributed by atoms with Crippen LogP contribution in [0, 0.1) is 21.4 Å². The van der Waals surface area contributed by atoms with Gasteiger partial charge < -0.3 is 10.7 Å². The Morgan fingerprint density at radius 2 is 1.95 bits per heavy atom. The molecular weight excluding hydrogens is 260 g/mol. The smallest absolute Gasteiger partial charge is 0.311 e. The van der Waals surface area contributed by atoms with Gasteiger partial charge in [-0.2, -0.15) is 5.26 Å². The maximum Gasteiger partial charge on any atom is 0.311 e. The van der Waals surface area contributed by atoms with Crippen molar-refractivity contribution < 1.29 is 4.92 Å². The highest BCUT2D eigenvalue weighted by molar-refractivity contribution is 5.67. The van der Waals surface area contributed by atoms with Gasteiger partial charge in [0.05, 0.1) is 16.6 Å². The van der Waals surface area contributed by atoms with Crippen LogP contribution in [0.25, 0.3) is 0 Å². The number of hydrogen-bond acceptors (Lipinski definition) is 7. The molecular formula is C12H10N6O2. The van der Waals surface area contributed by atoms with Crippen LogP contribution in [0.15, 0.2) is 36.4 Å². The molecule has 0 bridgehead atoms. The van der Waals surface area contributed by atoms with Crippen LogP contribution >= 0.6 is 0 Å². The molecule has 1 aromatic carbocycles. The highest BCUT2D eigenvalue weighted by Crippen LogP contribution is 2.27. The van der Waals surface area contributed by atoms with Crippen LogP contribution in [0.1, 0.15) is 5.56 Å². The minimum absolute atomic E-state index is 0.0650. The first-order valence-corrected chi connectivity index (χ1v) is 5.53. The van der Waals surface area contributed by atoms with E-state index in [1.807, 2.05) is 6.07 Å². The lowest BCUT2D eigenvalue weighted by Gasteiger charge is -2.08. The predicted molar refractivity (Wildman–Crippen MR) is 73.1 cm³/mol. The molecule has 0 spiro atoms. The molecule has 20 heavy (non-hydrogen) atoms. The minimum Gasteiger partial charge on any atom is -0.334 e. The van der Waals surface area contributed by atoms with Gasteiger partial charge in [-0.25, -0.2) is 10.8 Å². The third-order valence-corrected chi connectivity index (χ3v) is 2.50. The molecule has 0 aliphatic carbocycles. The SMILES string of the molecule is N#Cc1ccc(Nc2nc(NN)ccc2[N+](=O)[O-])cc1. The summed E-state index contributed by atoms with van der Waals surface area (Å²) < 4.78 is 0. The highest BCUT2D eigenvalue weighted by Gasteiger charge is 2.16. The quantitative estimate of drug-likeness (QED) is 0.439. The maximum atomic E-state index is 10.9. The molecule has 0 saturated carbocycles. The zero-order valence-corrected chi connectivity index (χ0v) is 10.2. The number of anilines is 3. The molecule has 0 unspecified atom stereocenters. The summed E-state index contributed by atoms with van der Waals surface area (Å²) in [4.78, 5) is 14.4. The first-order chi connectivity index (χ1) is 9.63. The number of pyridine rings is 1. The molecule has 2 aromatic rings. The Labute approximate surface area is 114 Å². The highest BCUT2D eigenvalue weighted by atomic mass is 16.6. The number of nitrogens with one attached hydrogen (secondary N) is 2. The van der Waals surface area contributed by atoms with Gasteiger partial charge in [-0.1, -0.05) is 0 Å². The lowest BCUT2D eigenvalue weighted by molar-refractivity contribution is -0.384. The minimum atomic E-state index is -0.542. The van der Waals surface area contributed by atoms with Gasteiger partial charge >= 0.3 is 5.69 Å². The number of rotatable bonds is 4. The summed E-state index contributed by atoms with van der Waals surface area (Å²) in [5, 5.41) is 22.5. The lowest BCUT2D eigenvalue weighted by Crippen LogP contribution is -2.10. The summed E-state index contributed by atoms with van der Waals surface area (Å²) in [6.07, 6.45) is 0. The zero-order chi connectivity index (χ0) is 14.5. The number of hydrogen-bond donors (Lipinski definition) is 3. The van der Waals surface area contributed by atoms with Crippen LogP contribution in [-0.4, -0.2) is 9.91 Å². The molecule has 2 rings (SSSR count). The second-order valence-corrected chi connectivity index (χ2v) is 3.78. The summed E-state index contributed by atoms with van der Waals surface area (Å²) in [6.45, 7) is 0. The molecule has 0 aliphatic rings. The Kier molecular flexibility index (Phi) is 3.74. The number of nitro groups is 1. The van der Waals surface area contributed by atoms with Crippen LogP contribution in [0.2, 0.25) is 0 Å². The van der Waals surface area contributed by atoms with E-state index >= 15 is 0 Å². The van der Waals surface area contributed by atoms with Crippen LogP contribution < -0.4 is 16.6 Å². The third-order valence-electron chi connectivity index (χ3n) is 2.50. The van der Waals surface area contributed by atoms with Gasteiger partial charge in [-0.3, -0.25) is 10.1 Å². The van der Waals surface area contributed by atoms with Gasteiger partial charge in [-0.05, 0) is 30.3 Å². The fourth-order valence-corrected chi connectivity index (χ4v) is 1.54. The van der Waals surface area contributed by atoms with Crippen molar-refractivity contribution in [3.63, 3.8) is 0 Å². The topological polar surface area (TPSA) is 130 Å². The first kappa shape index (κ1) is 13.3. The second kappa shape index (κ2) is 5.64. The van der Waals surface area contributed by atoms with Gasteiger partial charge in [0.25, 0.3) is 0 Å². The van der Waals surface area contributed by atoms with Crippen molar-refractivity contribution in [2.75, 3.05) is 10.7 Å². The van der Waals surface area contributed by atoms with E-state index in [1.54, 1.807) is 24.3 Å². The number of hydrazine groups is 1.